The van der Waals surface area contributed by atoms with Crippen molar-refractivity contribution in [1.29, 1.82) is 0 Å². The Morgan fingerprint density at radius 3 is 2.13 bits per heavy atom. The van der Waals surface area contributed by atoms with Crippen molar-refractivity contribution in [3.05, 3.63) is 95.0 Å². The number of halogens is 1. The van der Waals surface area contributed by atoms with E-state index in [1.54, 1.807) is 50.2 Å². The van der Waals surface area contributed by atoms with Crippen molar-refractivity contribution >= 4 is 39.1 Å². The molecule has 0 bridgehead atoms. The van der Waals surface area contributed by atoms with Crippen LogP contribution in [0, 0.1) is 12.8 Å². The lowest BCUT2D eigenvalue weighted by molar-refractivity contribution is -0.138. The maximum atomic E-state index is 13.9. The van der Waals surface area contributed by atoms with E-state index in [9.17, 15) is 18.0 Å². The molecule has 0 heterocycles. The predicted octanol–water partition coefficient (Wildman–Crippen LogP) is 5.08. The average Bonchev–Trinajstić information content (AvgIpc) is 2.93. The minimum Gasteiger partial charge on any atom is -0.354 e. The SMILES string of the molecule is Cc1c(Cl)cccc1N(CC(=O)N(CCc1ccccc1)C(C)C(=O)NCC(C)C)S(=O)(=O)c1ccccc1. The van der Waals surface area contributed by atoms with Crippen LogP contribution in [0.5, 0.6) is 0 Å². The number of amides is 2. The minimum atomic E-state index is -4.13. The zero-order valence-corrected chi connectivity index (χ0v) is 24.4. The Morgan fingerprint density at radius 1 is 0.897 bits per heavy atom. The number of nitrogens with zero attached hydrogens (tertiary/aromatic N) is 2. The molecule has 0 aliphatic rings. The van der Waals surface area contributed by atoms with E-state index in [0.717, 1.165) is 9.87 Å². The Labute approximate surface area is 236 Å². The molecular formula is C30H36ClN3O4S. The van der Waals surface area contributed by atoms with Crippen molar-refractivity contribution in [2.75, 3.05) is 23.9 Å². The fourth-order valence-electron chi connectivity index (χ4n) is 4.12. The van der Waals surface area contributed by atoms with E-state index in [1.165, 1.54) is 17.0 Å². The summed E-state index contributed by atoms with van der Waals surface area (Å²) < 4.78 is 28.8. The summed E-state index contributed by atoms with van der Waals surface area (Å²) in [7, 11) is -4.13. The van der Waals surface area contributed by atoms with E-state index in [2.05, 4.69) is 5.32 Å². The molecule has 0 aromatic heterocycles. The lowest BCUT2D eigenvalue weighted by atomic mass is 10.1. The van der Waals surface area contributed by atoms with E-state index in [-0.39, 0.29) is 23.3 Å². The molecule has 7 nitrogen and oxygen atoms in total. The van der Waals surface area contributed by atoms with Crippen LogP contribution in [0.4, 0.5) is 5.69 Å². The van der Waals surface area contributed by atoms with Gasteiger partial charge in [-0.25, -0.2) is 8.42 Å². The third kappa shape index (κ3) is 7.83. The molecule has 3 aromatic rings. The summed E-state index contributed by atoms with van der Waals surface area (Å²) in [6.07, 6.45) is 0.510. The van der Waals surface area contributed by atoms with Gasteiger partial charge in [0.2, 0.25) is 11.8 Å². The van der Waals surface area contributed by atoms with Crippen LogP contribution in [-0.2, 0) is 26.0 Å². The number of rotatable bonds is 12. The zero-order valence-electron chi connectivity index (χ0n) is 22.8. The van der Waals surface area contributed by atoms with Gasteiger partial charge in [-0.3, -0.25) is 13.9 Å². The predicted molar refractivity (Wildman–Crippen MR) is 156 cm³/mol. The highest BCUT2D eigenvalue weighted by atomic mass is 35.5. The van der Waals surface area contributed by atoms with Gasteiger partial charge in [-0.2, -0.15) is 0 Å². The van der Waals surface area contributed by atoms with Gasteiger partial charge in [0.1, 0.15) is 12.6 Å². The first-order valence-electron chi connectivity index (χ1n) is 13.0. The number of carbonyl (C=O) groups is 2. The first-order chi connectivity index (χ1) is 18.5. The maximum Gasteiger partial charge on any atom is 0.264 e. The molecule has 3 aromatic carbocycles. The van der Waals surface area contributed by atoms with Gasteiger partial charge < -0.3 is 10.2 Å². The minimum absolute atomic E-state index is 0.0516. The molecule has 0 fully saturated rings. The van der Waals surface area contributed by atoms with Crippen LogP contribution in [0.15, 0.2) is 83.8 Å². The van der Waals surface area contributed by atoms with Crippen molar-refractivity contribution in [1.82, 2.24) is 10.2 Å². The van der Waals surface area contributed by atoms with Gasteiger partial charge in [0.05, 0.1) is 10.6 Å². The Kier molecular flexibility index (Phi) is 10.5. The fourth-order valence-corrected chi connectivity index (χ4v) is 5.78. The summed E-state index contributed by atoms with van der Waals surface area (Å²) >= 11 is 6.35. The van der Waals surface area contributed by atoms with Crippen LogP contribution in [-0.4, -0.2) is 50.8 Å². The second-order valence-electron chi connectivity index (χ2n) is 9.85. The van der Waals surface area contributed by atoms with E-state index in [4.69, 9.17) is 11.6 Å². The molecule has 1 N–H and O–H groups in total. The highest BCUT2D eigenvalue weighted by Crippen LogP contribution is 2.31. The molecular weight excluding hydrogens is 534 g/mol. The third-order valence-electron chi connectivity index (χ3n) is 6.45. The molecule has 0 spiro atoms. The van der Waals surface area contributed by atoms with Crippen molar-refractivity contribution < 1.29 is 18.0 Å². The molecule has 0 saturated heterocycles. The largest absolute Gasteiger partial charge is 0.354 e. The van der Waals surface area contributed by atoms with Crippen LogP contribution in [0.1, 0.15) is 31.9 Å². The summed E-state index contributed by atoms with van der Waals surface area (Å²) in [5.74, 6) is -0.537. The number of benzene rings is 3. The lowest BCUT2D eigenvalue weighted by Crippen LogP contribution is -2.52. The van der Waals surface area contributed by atoms with Crippen LogP contribution < -0.4 is 9.62 Å². The number of hydrogen-bond donors (Lipinski definition) is 1. The molecule has 3 rings (SSSR count). The number of hydrogen-bond acceptors (Lipinski definition) is 4. The van der Waals surface area contributed by atoms with Gasteiger partial charge in [-0.05, 0) is 61.6 Å². The normalized spacial score (nSPS) is 12.2. The third-order valence-corrected chi connectivity index (χ3v) is 8.64. The number of anilines is 1. The van der Waals surface area contributed by atoms with Crippen molar-refractivity contribution in [2.45, 2.75) is 45.1 Å². The van der Waals surface area contributed by atoms with Crippen molar-refractivity contribution in [3.8, 4) is 0 Å². The maximum absolute atomic E-state index is 13.9. The van der Waals surface area contributed by atoms with Crippen LogP contribution in [0.25, 0.3) is 0 Å². The molecule has 1 atom stereocenters. The fraction of sp³-hybridized carbons (Fsp3) is 0.333. The highest BCUT2D eigenvalue weighted by molar-refractivity contribution is 7.92. The second kappa shape index (κ2) is 13.6. The molecule has 0 aliphatic heterocycles. The number of sulfonamides is 1. The molecule has 1 unspecified atom stereocenters. The Bertz CT molecular complexity index is 1370. The van der Waals surface area contributed by atoms with E-state index in [0.29, 0.717) is 29.2 Å². The quantitative estimate of drug-likeness (QED) is 0.330. The first kappa shape index (κ1) is 30.2. The average molecular weight is 570 g/mol. The van der Waals surface area contributed by atoms with Crippen LogP contribution in [0.2, 0.25) is 5.02 Å². The Hall–Kier alpha value is -3.36. The summed E-state index contributed by atoms with van der Waals surface area (Å²) in [6, 6.07) is 21.7. The van der Waals surface area contributed by atoms with Gasteiger partial charge in [0.15, 0.2) is 0 Å². The van der Waals surface area contributed by atoms with Gasteiger partial charge in [0, 0.05) is 18.1 Å². The lowest BCUT2D eigenvalue weighted by Gasteiger charge is -2.32. The molecule has 9 heteroatoms. The summed E-state index contributed by atoms with van der Waals surface area (Å²) in [5, 5.41) is 3.28. The van der Waals surface area contributed by atoms with Gasteiger partial charge in [0.25, 0.3) is 10.0 Å². The Morgan fingerprint density at radius 2 is 1.51 bits per heavy atom. The Balaban J connectivity index is 1.99. The van der Waals surface area contributed by atoms with Gasteiger partial charge in [-0.1, -0.05) is 80.0 Å². The van der Waals surface area contributed by atoms with Crippen molar-refractivity contribution in [2.24, 2.45) is 5.92 Å². The van der Waals surface area contributed by atoms with Crippen LogP contribution in [0.3, 0.4) is 0 Å². The first-order valence-corrected chi connectivity index (χ1v) is 14.8. The monoisotopic (exact) mass is 569 g/mol. The van der Waals surface area contributed by atoms with E-state index >= 15 is 0 Å². The second-order valence-corrected chi connectivity index (χ2v) is 12.1. The molecule has 2 amide bonds. The zero-order chi connectivity index (χ0) is 28.6. The summed E-state index contributed by atoms with van der Waals surface area (Å²) in [4.78, 5) is 28.4. The molecule has 0 saturated carbocycles. The summed E-state index contributed by atoms with van der Waals surface area (Å²) in [5.41, 5.74) is 1.84. The molecule has 39 heavy (non-hydrogen) atoms. The van der Waals surface area contributed by atoms with Crippen LogP contribution >= 0.6 is 11.6 Å². The smallest absolute Gasteiger partial charge is 0.264 e. The van der Waals surface area contributed by atoms with E-state index < -0.39 is 28.5 Å². The molecule has 0 radical (unpaired) electrons. The number of nitrogens with one attached hydrogen (secondary N) is 1. The summed E-state index contributed by atoms with van der Waals surface area (Å²) in [6.45, 7) is 7.58. The van der Waals surface area contributed by atoms with Gasteiger partial charge >= 0.3 is 0 Å². The standard InChI is InChI=1S/C30H36ClN3O4S/c1-22(2)20-32-30(36)24(4)33(19-18-25-12-7-5-8-13-25)29(35)21-34(28-17-11-16-27(31)23(28)3)39(37,38)26-14-9-6-10-15-26/h5-17,22,24H,18-21H2,1-4H3,(H,32,36). The van der Waals surface area contributed by atoms with Crippen molar-refractivity contribution in [3.63, 3.8) is 0 Å². The van der Waals surface area contributed by atoms with E-state index in [1.807, 2.05) is 44.2 Å². The molecule has 208 valence electrons. The highest BCUT2D eigenvalue weighted by Gasteiger charge is 2.33. The topological polar surface area (TPSA) is 86.8 Å². The van der Waals surface area contributed by atoms with Gasteiger partial charge in [-0.15, -0.1) is 0 Å². The number of carbonyl (C=O) groups excluding carboxylic acids is 2. The molecule has 0 aliphatic carbocycles.